The zero-order valence-electron chi connectivity index (χ0n) is 6.80. The Morgan fingerprint density at radius 3 is 2.64 bits per heavy atom. The van der Waals surface area contributed by atoms with E-state index in [-0.39, 0.29) is 21.5 Å². The number of nitriles is 1. The van der Waals surface area contributed by atoms with E-state index in [1.54, 1.807) is 0 Å². The highest BCUT2D eigenvalue weighted by Crippen LogP contribution is 2.33. The summed E-state index contributed by atoms with van der Waals surface area (Å²) in [6.45, 7) is -2.92. The van der Waals surface area contributed by atoms with Gasteiger partial charge in [-0.25, -0.2) is 0 Å². The van der Waals surface area contributed by atoms with E-state index < -0.39 is 6.61 Å². The number of hydrogen-bond donors (Lipinski definition) is 1. The first kappa shape index (κ1) is 10.7. The van der Waals surface area contributed by atoms with Crippen LogP contribution < -0.4 is 10.5 Å². The summed E-state index contributed by atoms with van der Waals surface area (Å²) in [4.78, 5) is 0. The van der Waals surface area contributed by atoms with Crippen LogP contribution in [0.25, 0.3) is 0 Å². The number of benzene rings is 1. The Balaban J connectivity index is 3.12. The zero-order valence-corrected chi connectivity index (χ0v) is 8.38. The third-order valence-corrected chi connectivity index (χ3v) is 2.30. The van der Waals surface area contributed by atoms with E-state index >= 15 is 0 Å². The Bertz CT molecular complexity index is 390. The lowest BCUT2D eigenvalue weighted by atomic mass is 10.2. The molecule has 0 radical (unpaired) electrons. The molecule has 2 N–H and O–H groups in total. The van der Waals surface area contributed by atoms with E-state index in [4.69, 9.17) is 11.0 Å². The van der Waals surface area contributed by atoms with Crippen molar-refractivity contribution >= 4 is 21.6 Å². The molecule has 0 saturated heterocycles. The van der Waals surface area contributed by atoms with Crippen LogP contribution in [0.2, 0.25) is 0 Å². The van der Waals surface area contributed by atoms with Crippen molar-refractivity contribution in [3.63, 3.8) is 0 Å². The van der Waals surface area contributed by atoms with Gasteiger partial charge in [0.15, 0.2) is 0 Å². The number of anilines is 1. The maximum absolute atomic E-state index is 11.9. The Morgan fingerprint density at radius 2 is 2.14 bits per heavy atom. The summed E-state index contributed by atoms with van der Waals surface area (Å²) in [7, 11) is 0. The van der Waals surface area contributed by atoms with E-state index in [2.05, 4.69) is 20.7 Å². The van der Waals surface area contributed by atoms with Crippen molar-refractivity contribution in [1.29, 1.82) is 5.26 Å². The smallest absolute Gasteiger partial charge is 0.387 e. The Kier molecular flexibility index (Phi) is 3.25. The molecule has 74 valence electrons. The topological polar surface area (TPSA) is 59.0 Å². The summed E-state index contributed by atoms with van der Waals surface area (Å²) >= 11 is 2.97. The van der Waals surface area contributed by atoms with Crippen LogP contribution in [-0.4, -0.2) is 6.61 Å². The van der Waals surface area contributed by atoms with E-state index in [9.17, 15) is 8.78 Å². The van der Waals surface area contributed by atoms with E-state index in [1.165, 1.54) is 12.1 Å². The van der Waals surface area contributed by atoms with Crippen LogP contribution in [0, 0.1) is 11.3 Å². The molecule has 0 bridgehead atoms. The van der Waals surface area contributed by atoms with Crippen LogP contribution in [0.4, 0.5) is 14.5 Å². The van der Waals surface area contributed by atoms with Gasteiger partial charge in [0.2, 0.25) is 0 Å². The number of hydrogen-bond acceptors (Lipinski definition) is 3. The Labute approximate surface area is 87.2 Å². The standard InChI is InChI=1S/C8H5BrF2N2O/c9-6-5(14-8(10)11)2-1-4(3-12)7(6)13/h1-2,8H,13H2. The summed E-state index contributed by atoms with van der Waals surface area (Å²) in [6, 6.07) is 4.39. The summed E-state index contributed by atoms with van der Waals surface area (Å²) in [5.41, 5.74) is 5.77. The summed E-state index contributed by atoms with van der Waals surface area (Å²) in [5.74, 6) is -0.0866. The lowest BCUT2D eigenvalue weighted by Crippen LogP contribution is -2.04. The molecule has 1 rings (SSSR count). The highest BCUT2D eigenvalue weighted by molar-refractivity contribution is 9.10. The van der Waals surface area contributed by atoms with Gasteiger partial charge in [0.1, 0.15) is 11.8 Å². The molecule has 0 unspecified atom stereocenters. The van der Waals surface area contributed by atoms with Crippen molar-refractivity contribution in [2.24, 2.45) is 0 Å². The van der Waals surface area contributed by atoms with Gasteiger partial charge in [-0.05, 0) is 28.1 Å². The van der Waals surface area contributed by atoms with Crippen LogP contribution in [-0.2, 0) is 0 Å². The van der Waals surface area contributed by atoms with Crippen LogP contribution in [0.15, 0.2) is 16.6 Å². The predicted molar refractivity (Wildman–Crippen MR) is 49.9 cm³/mol. The molecule has 3 nitrogen and oxygen atoms in total. The molecule has 0 spiro atoms. The maximum atomic E-state index is 11.9. The maximum Gasteiger partial charge on any atom is 0.387 e. The number of alkyl halides is 2. The summed E-state index contributed by atoms with van der Waals surface area (Å²) in [5, 5.41) is 8.58. The van der Waals surface area contributed by atoms with Crippen molar-refractivity contribution in [3.8, 4) is 11.8 Å². The van der Waals surface area contributed by atoms with E-state index in [0.29, 0.717) is 0 Å². The van der Waals surface area contributed by atoms with Gasteiger partial charge in [-0.15, -0.1) is 0 Å². The van der Waals surface area contributed by atoms with Gasteiger partial charge in [-0.2, -0.15) is 14.0 Å². The lowest BCUT2D eigenvalue weighted by Gasteiger charge is -2.08. The molecule has 6 heteroatoms. The molecule has 1 aromatic carbocycles. The van der Waals surface area contributed by atoms with Gasteiger partial charge in [0.05, 0.1) is 15.7 Å². The van der Waals surface area contributed by atoms with E-state index in [1.807, 2.05) is 6.07 Å². The van der Waals surface area contributed by atoms with Gasteiger partial charge in [0, 0.05) is 0 Å². The van der Waals surface area contributed by atoms with Gasteiger partial charge < -0.3 is 10.5 Å². The minimum absolute atomic E-state index is 0.0866. The van der Waals surface area contributed by atoms with Gasteiger partial charge in [-0.1, -0.05) is 0 Å². The number of nitrogens with zero attached hydrogens (tertiary/aromatic N) is 1. The summed E-state index contributed by atoms with van der Waals surface area (Å²) < 4.78 is 28.1. The fourth-order valence-electron chi connectivity index (χ4n) is 0.857. The molecule has 0 saturated carbocycles. The number of halogens is 3. The largest absolute Gasteiger partial charge is 0.434 e. The molecule has 0 atom stereocenters. The first-order valence-corrected chi connectivity index (χ1v) is 4.28. The average molecular weight is 263 g/mol. The molecule has 0 aromatic heterocycles. The predicted octanol–water partition coefficient (Wildman–Crippen LogP) is 2.50. The molecule has 0 amide bonds. The molecular weight excluding hydrogens is 258 g/mol. The molecular formula is C8H5BrF2N2O. The second kappa shape index (κ2) is 4.24. The van der Waals surface area contributed by atoms with Gasteiger partial charge in [-0.3, -0.25) is 0 Å². The average Bonchev–Trinajstić information content (AvgIpc) is 2.13. The highest BCUT2D eigenvalue weighted by atomic mass is 79.9. The second-order valence-electron chi connectivity index (χ2n) is 2.33. The molecule has 0 fully saturated rings. The Morgan fingerprint density at radius 1 is 1.50 bits per heavy atom. The number of rotatable bonds is 2. The second-order valence-corrected chi connectivity index (χ2v) is 3.12. The van der Waals surface area contributed by atoms with Crippen LogP contribution in [0.1, 0.15) is 5.56 Å². The molecule has 0 aliphatic rings. The Hall–Kier alpha value is -1.35. The van der Waals surface area contributed by atoms with Crippen LogP contribution in [0.5, 0.6) is 5.75 Å². The lowest BCUT2D eigenvalue weighted by molar-refractivity contribution is -0.0503. The third-order valence-electron chi connectivity index (χ3n) is 1.48. The minimum Gasteiger partial charge on any atom is -0.434 e. The number of nitrogens with two attached hydrogens (primary N) is 1. The SMILES string of the molecule is N#Cc1ccc(OC(F)F)c(Br)c1N. The number of nitrogen functional groups attached to an aromatic ring is 1. The zero-order chi connectivity index (χ0) is 10.7. The van der Waals surface area contributed by atoms with Crippen molar-refractivity contribution in [2.45, 2.75) is 6.61 Å². The van der Waals surface area contributed by atoms with Gasteiger partial charge in [0.25, 0.3) is 0 Å². The molecule has 0 aliphatic heterocycles. The van der Waals surface area contributed by atoms with Crippen molar-refractivity contribution in [2.75, 3.05) is 5.73 Å². The highest BCUT2D eigenvalue weighted by Gasteiger charge is 2.12. The fraction of sp³-hybridized carbons (Fsp3) is 0.125. The minimum atomic E-state index is -2.92. The van der Waals surface area contributed by atoms with Crippen molar-refractivity contribution in [1.82, 2.24) is 0 Å². The summed E-state index contributed by atoms with van der Waals surface area (Å²) in [6.07, 6.45) is 0. The molecule has 0 aliphatic carbocycles. The fourth-order valence-corrected chi connectivity index (χ4v) is 1.30. The quantitative estimate of drug-likeness (QED) is 0.834. The number of ether oxygens (including phenoxy) is 1. The van der Waals surface area contributed by atoms with Crippen LogP contribution >= 0.6 is 15.9 Å². The molecule has 0 heterocycles. The first-order chi connectivity index (χ1) is 6.56. The van der Waals surface area contributed by atoms with Gasteiger partial charge >= 0.3 is 6.61 Å². The van der Waals surface area contributed by atoms with Crippen LogP contribution in [0.3, 0.4) is 0 Å². The monoisotopic (exact) mass is 262 g/mol. The molecule has 1 aromatic rings. The molecule has 14 heavy (non-hydrogen) atoms. The van der Waals surface area contributed by atoms with Crippen molar-refractivity contribution < 1.29 is 13.5 Å². The van der Waals surface area contributed by atoms with E-state index in [0.717, 1.165) is 0 Å². The van der Waals surface area contributed by atoms with Crippen molar-refractivity contribution in [3.05, 3.63) is 22.2 Å². The first-order valence-electron chi connectivity index (χ1n) is 3.49. The normalized spacial score (nSPS) is 9.93. The third kappa shape index (κ3) is 2.12.